The SMILES string of the molecule is CN1CCC(NCc2cccc3c2OCO3)C1. The van der Waals surface area contributed by atoms with Crippen LogP contribution in [-0.2, 0) is 6.54 Å². The Kier molecular flexibility index (Phi) is 2.91. The van der Waals surface area contributed by atoms with Crippen molar-refractivity contribution in [1.82, 2.24) is 10.2 Å². The molecule has 0 amide bonds. The first-order valence-corrected chi connectivity index (χ1v) is 6.12. The molecule has 4 heteroatoms. The molecule has 1 fully saturated rings. The summed E-state index contributed by atoms with van der Waals surface area (Å²) in [5.41, 5.74) is 1.19. The average molecular weight is 234 g/mol. The number of benzene rings is 1. The Hall–Kier alpha value is -1.26. The molecular formula is C13H18N2O2. The van der Waals surface area contributed by atoms with Crippen molar-refractivity contribution in [2.24, 2.45) is 0 Å². The van der Waals surface area contributed by atoms with Crippen molar-refractivity contribution in [3.8, 4) is 11.5 Å². The molecule has 17 heavy (non-hydrogen) atoms. The van der Waals surface area contributed by atoms with E-state index < -0.39 is 0 Å². The Morgan fingerprint density at radius 3 is 3.18 bits per heavy atom. The van der Waals surface area contributed by atoms with Crippen LogP contribution in [0.1, 0.15) is 12.0 Å². The van der Waals surface area contributed by atoms with Crippen LogP contribution in [0.5, 0.6) is 11.5 Å². The number of ether oxygens (including phenoxy) is 2. The van der Waals surface area contributed by atoms with Crippen LogP contribution in [0.4, 0.5) is 0 Å². The van der Waals surface area contributed by atoms with Crippen molar-refractivity contribution in [2.45, 2.75) is 19.0 Å². The number of nitrogens with zero attached hydrogens (tertiary/aromatic N) is 1. The molecule has 1 unspecified atom stereocenters. The van der Waals surface area contributed by atoms with Crippen LogP contribution in [0.3, 0.4) is 0 Å². The quantitative estimate of drug-likeness (QED) is 0.852. The number of likely N-dealkylation sites (N-methyl/N-ethyl adjacent to an activating group) is 1. The second kappa shape index (κ2) is 4.55. The zero-order valence-electron chi connectivity index (χ0n) is 10.1. The highest BCUT2D eigenvalue weighted by molar-refractivity contribution is 5.48. The van der Waals surface area contributed by atoms with E-state index in [-0.39, 0.29) is 0 Å². The third kappa shape index (κ3) is 2.23. The predicted octanol–water partition coefficient (Wildman–Crippen LogP) is 1.21. The van der Waals surface area contributed by atoms with Gasteiger partial charge in [-0.05, 0) is 26.1 Å². The summed E-state index contributed by atoms with van der Waals surface area (Å²) in [4.78, 5) is 2.35. The van der Waals surface area contributed by atoms with Crippen LogP contribution in [0, 0.1) is 0 Å². The van der Waals surface area contributed by atoms with Gasteiger partial charge in [0.2, 0.25) is 6.79 Å². The molecule has 2 aliphatic rings. The largest absolute Gasteiger partial charge is 0.454 e. The first kappa shape index (κ1) is 10.9. The molecule has 3 rings (SSSR count). The van der Waals surface area contributed by atoms with Gasteiger partial charge in [0.15, 0.2) is 11.5 Å². The van der Waals surface area contributed by atoms with E-state index >= 15 is 0 Å². The Balaban J connectivity index is 1.64. The summed E-state index contributed by atoms with van der Waals surface area (Å²) in [6, 6.07) is 6.66. The van der Waals surface area contributed by atoms with Gasteiger partial charge in [-0.15, -0.1) is 0 Å². The predicted molar refractivity (Wildman–Crippen MR) is 65.3 cm³/mol. The number of hydrogen-bond acceptors (Lipinski definition) is 4. The summed E-state index contributed by atoms with van der Waals surface area (Å²) in [5.74, 6) is 1.78. The first-order valence-electron chi connectivity index (χ1n) is 6.12. The van der Waals surface area contributed by atoms with Crippen molar-refractivity contribution in [1.29, 1.82) is 0 Å². The molecule has 0 radical (unpaired) electrons. The van der Waals surface area contributed by atoms with Gasteiger partial charge in [-0.1, -0.05) is 12.1 Å². The van der Waals surface area contributed by atoms with Crippen LogP contribution in [0.25, 0.3) is 0 Å². The summed E-state index contributed by atoms with van der Waals surface area (Å²) in [6.07, 6.45) is 1.23. The molecule has 0 saturated carbocycles. The summed E-state index contributed by atoms with van der Waals surface area (Å²) in [5, 5.41) is 3.58. The second-order valence-corrected chi connectivity index (χ2v) is 4.78. The number of para-hydroxylation sites is 1. The van der Waals surface area contributed by atoms with Gasteiger partial charge in [0, 0.05) is 24.7 Å². The molecule has 4 nitrogen and oxygen atoms in total. The zero-order valence-corrected chi connectivity index (χ0v) is 10.1. The monoisotopic (exact) mass is 234 g/mol. The summed E-state index contributed by atoms with van der Waals surface area (Å²) in [6.45, 7) is 3.51. The Morgan fingerprint density at radius 1 is 1.41 bits per heavy atom. The van der Waals surface area contributed by atoms with Crippen molar-refractivity contribution in [2.75, 3.05) is 26.9 Å². The standard InChI is InChI=1S/C13H18N2O2/c1-15-6-5-11(8-15)14-7-10-3-2-4-12-13(10)17-9-16-12/h2-4,11,14H,5-9H2,1H3. The molecule has 1 atom stereocenters. The van der Waals surface area contributed by atoms with E-state index in [1.807, 2.05) is 12.1 Å². The molecule has 0 aromatic heterocycles. The van der Waals surface area contributed by atoms with Crippen molar-refractivity contribution in [3.63, 3.8) is 0 Å². The summed E-state index contributed by atoms with van der Waals surface area (Å²) in [7, 11) is 2.17. The van der Waals surface area contributed by atoms with Gasteiger partial charge in [0.25, 0.3) is 0 Å². The average Bonchev–Trinajstić information content (AvgIpc) is 2.94. The zero-order chi connectivity index (χ0) is 11.7. The summed E-state index contributed by atoms with van der Waals surface area (Å²) < 4.78 is 10.9. The van der Waals surface area contributed by atoms with E-state index in [9.17, 15) is 0 Å². The smallest absolute Gasteiger partial charge is 0.231 e. The molecule has 2 aliphatic heterocycles. The van der Waals surface area contributed by atoms with E-state index in [2.05, 4.69) is 23.3 Å². The van der Waals surface area contributed by atoms with Gasteiger partial charge >= 0.3 is 0 Å². The van der Waals surface area contributed by atoms with E-state index in [0.29, 0.717) is 12.8 Å². The highest BCUT2D eigenvalue weighted by Crippen LogP contribution is 2.35. The molecule has 1 N–H and O–H groups in total. The number of fused-ring (bicyclic) bond motifs is 1. The molecule has 1 aromatic rings. The molecule has 92 valence electrons. The van der Waals surface area contributed by atoms with Crippen LogP contribution in [-0.4, -0.2) is 37.9 Å². The number of likely N-dealkylation sites (tertiary alicyclic amines) is 1. The lowest BCUT2D eigenvalue weighted by atomic mass is 10.1. The van der Waals surface area contributed by atoms with Crippen LogP contribution in [0.2, 0.25) is 0 Å². The Labute approximate surface area is 102 Å². The second-order valence-electron chi connectivity index (χ2n) is 4.78. The highest BCUT2D eigenvalue weighted by Gasteiger charge is 2.21. The van der Waals surface area contributed by atoms with E-state index in [0.717, 1.165) is 24.6 Å². The van der Waals surface area contributed by atoms with Crippen molar-refractivity contribution < 1.29 is 9.47 Å². The maximum absolute atomic E-state index is 5.49. The molecule has 2 heterocycles. The molecule has 0 aliphatic carbocycles. The molecular weight excluding hydrogens is 216 g/mol. The summed E-state index contributed by atoms with van der Waals surface area (Å²) >= 11 is 0. The lowest BCUT2D eigenvalue weighted by Gasteiger charge is -2.13. The van der Waals surface area contributed by atoms with E-state index in [1.165, 1.54) is 18.5 Å². The van der Waals surface area contributed by atoms with E-state index in [4.69, 9.17) is 9.47 Å². The lowest BCUT2D eigenvalue weighted by molar-refractivity contribution is 0.173. The van der Waals surface area contributed by atoms with Crippen LogP contribution in [0.15, 0.2) is 18.2 Å². The normalized spacial score (nSPS) is 23.2. The maximum Gasteiger partial charge on any atom is 0.231 e. The fourth-order valence-corrected chi connectivity index (χ4v) is 2.49. The Bertz CT molecular complexity index is 408. The van der Waals surface area contributed by atoms with Crippen LogP contribution >= 0.6 is 0 Å². The van der Waals surface area contributed by atoms with Gasteiger partial charge in [-0.3, -0.25) is 0 Å². The number of rotatable bonds is 3. The van der Waals surface area contributed by atoms with Gasteiger partial charge in [-0.25, -0.2) is 0 Å². The third-order valence-corrected chi connectivity index (χ3v) is 3.45. The van der Waals surface area contributed by atoms with Gasteiger partial charge < -0.3 is 19.7 Å². The van der Waals surface area contributed by atoms with Crippen LogP contribution < -0.4 is 14.8 Å². The fraction of sp³-hybridized carbons (Fsp3) is 0.538. The third-order valence-electron chi connectivity index (χ3n) is 3.45. The number of hydrogen-bond donors (Lipinski definition) is 1. The Morgan fingerprint density at radius 2 is 2.35 bits per heavy atom. The van der Waals surface area contributed by atoms with Gasteiger partial charge in [0.1, 0.15) is 0 Å². The minimum absolute atomic E-state index is 0.346. The first-order chi connectivity index (χ1) is 8.33. The van der Waals surface area contributed by atoms with E-state index in [1.54, 1.807) is 0 Å². The fourth-order valence-electron chi connectivity index (χ4n) is 2.49. The van der Waals surface area contributed by atoms with Gasteiger partial charge in [-0.2, -0.15) is 0 Å². The topological polar surface area (TPSA) is 33.7 Å². The van der Waals surface area contributed by atoms with Gasteiger partial charge in [0.05, 0.1) is 0 Å². The molecule has 1 aromatic carbocycles. The van der Waals surface area contributed by atoms with Crippen molar-refractivity contribution in [3.05, 3.63) is 23.8 Å². The molecule has 1 saturated heterocycles. The minimum atomic E-state index is 0.346. The number of nitrogens with one attached hydrogen (secondary N) is 1. The molecule has 0 bridgehead atoms. The highest BCUT2D eigenvalue weighted by atomic mass is 16.7. The maximum atomic E-state index is 5.49. The minimum Gasteiger partial charge on any atom is -0.454 e. The lowest BCUT2D eigenvalue weighted by Crippen LogP contribution is -2.31. The molecule has 0 spiro atoms. The van der Waals surface area contributed by atoms with Crippen molar-refractivity contribution >= 4 is 0 Å².